The van der Waals surface area contributed by atoms with Gasteiger partial charge in [0.15, 0.2) is 6.23 Å². The molecular weight excluding hydrogens is 394 g/mol. The Labute approximate surface area is 159 Å². The fourth-order valence-corrected chi connectivity index (χ4v) is 3.46. The number of rotatable bonds is 6. The van der Waals surface area contributed by atoms with E-state index in [4.69, 9.17) is 14.2 Å². The molecule has 1 saturated carbocycles. The van der Waals surface area contributed by atoms with Gasteiger partial charge in [0.1, 0.15) is 5.75 Å². The van der Waals surface area contributed by atoms with Crippen molar-refractivity contribution in [3.63, 3.8) is 0 Å². The number of hydrogen-bond donors (Lipinski definition) is 0. The van der Waals surface area contributed by atoms with Crippen molar-refractivity contribution in [3.8, 4) is 5.75 Å². The number of morpholine rings is 1. The number of nitrogens with zero attached hydrogens (tertiary/aromatic N) is 1. The Morgan fingerprint density at radius 3 is 2.42 bits per heavy atom. The monoisotopic (exact) mass is 419 g/mol. The summed E-state index contributed by atoms with van der Waals surface area (Å²) in [5.74, 6) is 0.886. The molecule has 1 aliphatic heterocycles. The topological polar surface area (TPSA) is 30.9 Å². The lowest BCUT2D eigenvalue weighted by Crippen LogP contribution is -2.49. The van der Waals surface area contributed by atoms with Crippen molar-refractivity contribution >= 4 is 28.3 Å². The first kappa shape index (κ1) is 20.0. The van der Waals surface area contributed by atoms with Crippen LogP contribution in [0.3, 0.4) is 0 Å². The lowest BCUT2D eigenvalue weighted by atomic mass is 9.98. The third-order valence-corrected chi connectivity index (χ3v) is 5.09. The highest BCUT2D eigenvalue weighted by atomic mass is 79.9. The predicted octanol–water partition coefficient (Wildman–Crippen LogP) is 4.26. The molecule has 1 aromatic rings. The quantitative estimate of drug-likeness (QED) is 0.688. The summed E-state index contributed by atoms with van der Waals surface area (Å²) >= 11 is 3.46. The minimum Gasteiger partial charge on any atom is -0.473 e. The Hall–Kier alpha value is -0.330. The van der Waals surface area contributed by atoms with Gasteiger partial charge >= 0.3 is 0 Å². The zero-order valence-electron chi connectivity index (χ0n) is 14.0. The lowest BCUT2D eigenvalue weighted by Gasteiger charge is -2.35. The van der Waals surface area contributed by atoms with Gasteiger partial charge in [0, 0.05) is 17.6 Å². The first-order valence-electron chi connectivity index (χ1n) is 8.67. The fourth-order valence-electron chi connectivity index (χ4n) is 3.20. The Bertz CT molecular complexity index is 462. The van der Waals surface area contributed by atoms with Crippen LogP contribution in [0.1, 0.15) is 32.1 Å². The van der Waals surface area contributed by atoms with Crippen LogP contribution in [0.25, 0.3) is 0 Å². The molecule has 0 amide bonds. The van der Waals surface area contributed by atoms with E-state index in [0.717, 1.165) is 36.5 Å². The summed E-state index contributed by atoms with van der Waals surface area (Å²) in [5, 5.41) is 0. The van der Waals surface area contributed by atoms with Gasteiger partial charge in [-0.25, -0.2) is 0 Å². The highest BCUT2D eigenvalue weighted by Gasteiger charge is 2.25. The van der Waals surface area contributed by atoms with Crippen LogP contribution in [0, 0.1) is 0 Å². The van der Waals surface area contributed by atoms with Crippen molar-refractivity contribution in [2.75, 3.05) is 32.9 Å². The highest BCUT2D eigenvalue weighted by molar-refractivity contribution is 9.10. The Morgan fingerprint density at radius 2 is 1.75 bits per heavy atom. The van der Waals surface area contributed by atoms with Gasteiger partial charge < -0.3 is 14.2 Å². The van der Waals surface area contributed by atoms with E-state index < -0.39 is 0 Å². The minimum absolute atomic E-state index is 0. The van der Waals surface area contributed by atoms with E-state index in [9.17, 15) is 0 Å². The molecule has 1 atom stereocenters. The van der Waals surface area contributed by atoms with Crippen LogP contribution in [0.15, 0.2) is 28.7 Å². The molecule has 24 heavy (non-hydrogen) atoms. The van der Waals surface area contributed by atoms with Gasteiger partial charge in [-0.3, -0.25) is 4.90 Å². The minimum atomic E-state index is -0.0398. The smallest absolute Gasteiger partial charge is 0.176 e. The van der Waals surface area contributed by atoms with E-state index in [1.807, 2.05) is 24.3 Å². The maximum absolute atomic E-state index is 6.22. The predicted molar refractivity (Wildman–Crippen MR) is 101 cm³/mol. The van der Waals surface area contributed by atoms with E-state index in [1.54, 1.807) is 0 Å². The van der Waals surface area contributed by atoms with E-state index >= 15 is 0 Å². The van der Waals surface area contributed by atoms with Crippen molar-refractivity contribution in [2.45, 2.75) is 44.4 Å². The van der Waals surface area contributed by atoms with Crippen molar-refractivity contribution in [2.24, 2.45) is 0 Å². The number of benzene rings is 1. The standard InChI is InChI=1S/C18H26BrNO3.ClH/c19-15-6-8-17(9-7-15)23-18(20-10-12-21-13-11-20)14-22-16-4-2-1-3-5-16;/h6-9,16,18H,1-5,10-14H2;1H. The summed E-state index contributed by atoms with van der Waals surface area (Å²) < 4.78 is 18.9. The van der Waals surface area contributed by atoms with E-state index in [-0.39, 0.29) is 18.6 Å². The lowest BCUT2D eigenvalue weighted by molar-refractivity contribution is -0.0992. The van der Waals surface area contributed by atoms with Gasteiger partial charge in [-0.15, -0.1) is 12.4 Å². The molecule has 1 aliphatic carbocycles. The second-order valence-electron chi connectivity index (χ2n) is 6.27. The van der Waals surface area contributed by atoms with Crippen molar-refractivity contribution < 1.29 is 14.2 Å². The molecule has 0 N–H and O–H groups in total. The zero-order valence-corrected chi connectivity index (χ0v) is 16.4. The largest absolute Gasteiger partial charge is 0.473 e. The summed E-state index contributed by atoms with van der Waals surface area (Å²) in [6, 6.07) is 8.01. The average Bonchev–Trinajstić information content (AvgIpc) is 2.62. The first-order valence-corrected chi connectivity index (χ1v) is 9.46. The summed E-state index contributed by atoms with van der Waals surface area (Å²) in [6.45, 7) is 3.96. The zero-order chi connectivity index (χ0) is 15.9. The molecule has 2 aliphatic rings. The maximum atomic E-state index is 6.22. The number of ether oxygens (including phenoxy) is 3. The Balaban J connectivity index is 0.00000208. The summed E-state index contributed by atoms with van der Waals surface area (Å²) in [5.41, 5.74) is 0. The molecule has 1 aromatic carbocycles. The maximum Gasteiger partial charge on any atom is 0.176 e. The van der Waals surface area contributed by atoms with Crippen molar-refractivity contribution in [3.05, 3.63) is 28.7 Å². The van der Waals surface area contributed by atoms with Gasteiger partial charge in [0.2, 0.25) is 0 Å². The number of halogens is 2. The average molecular weight is 421 g/mol. The molecule has 0 bridgehead atoms. The summed E-state index contributed by atoms with van der Waals surface area (Å²) in [4.78, 5) is 2.33. The molecule has 3 rings (SSSR count). The van der Waals surface area contributed by atoms with E-state index in [0.29, 0.717) is 12.7 Å². The molecule has 6 heteroatoms. The normalized spacial score (nSPS) is 21.0. The molecule has 1 unspecified atom stereocenters. The van der Waals surface area contributed by atoms with Crippen LogP contribution in [0.5, 0.6) is 5.75 Å². The van der Waals surface area contributed by atoms with Crippen LogP contribution in [-0.4, -0.2) is 50.1 Å². The molecule has 2 fully saturated rings. The van der Waals surface area contributed by atoms with Gasteiger partial charge in [0.05, 0.1) is 25.9 Å². The third kappa shape index (κ3) is 6.19. The molecular formula is C18H27BrClNO3. The van der Waals surface area contributed by atoms with E-state index in [2.05, 4.69) is 20.8 Å². The molecule has 0 spiro atoms. The number of hydrogen-bond acceptors (Lipinski definition) is 4. The van der Waals surface area contributed by atoms with Gasteiger partial charge in [-0.05, 0) is 37.1 Å². The highest BCUT2D eigenvalue weighted by Crippen LogP contribution is 2.22. The van der Waals surface area contributed by atoms with Gasteiger partial charge in [0.25, 0.3) is 0 Å². The molecule has 0 radical (unpaired) electrons. The van der Waals surface area contributed by atoms with Gasteiger partial charge in [-0.2, -0.15) is 0 Å². The Morgan fingerprint density at radius 1 is 1.08 bits per heavy atom. The van der Waals surface area contributed by atoms with Gasteiger partial charge in [-0.1, -0.05) is 35.2 Å². The summed E-state index contributed by atoms with van der Waals surface area (Å²) in [7, 11) is 0. The molecule has 4 nitrogen and oxygen atoms in total. The second kappa shape index (κ2) is 10.6. The second-order valence-corrected chi connectivity index (χ2v) is 7.18. The van der Waals surface area contributed by atoms with Crippen LogP contribution >= 0.6 is 28.3 Å². The van der Waals surface area contributed by atoms with Crippen LogP contribution < -0.4 is 4.74 Å². The van der Waals surface area contributed by atoms with Crippen LogP contribution in [0.4, 0.5) is 0 Å². The molecule has 0 aromatic heterocycles. The molecule has 1 heterocycles. The molecule has 1 saturated heterocycles. The van der Waals surface area contributed by atoms with Crippen molar-refractivity contribution in [1.82, 2.24) is 4.90 Å². The Kier molecular flexibility index (Phi) is 8.84. The summed E-state index contributed by atoms with van der Waals surface area (Å²) in [6.07, 6.45) is 6.67. The van der Waals surface area contributed by atoms with E-state index in [1.165, 1.54) is 32.1 Å². The first-order chi connectivity index (χ1) is 11.3. The SMILES string of the molecule is Brc1ccc(OC(COC2CCCCC2)N2CCOCC2)cc1.Cl. The third-order valence-electron chi connectivity index (χ3n) is 4.57. The fraction of sp³-hybridized carbons (Fsp3) is 0.667. The van der Waals surface area contributed by atoms with Crippen LogP contribution in [-0.2, 0) is 9.47 Å². The van der Waals surface area contributed by atoms with Crippen molar-refractivity contribution in [1.29, 1.82) is 0 Å². The van der Waals surface area contributed by atoms with Crippen LogP contribution in [0.2, 0.25) is 0 Å². The molecule has 136 valence electrons.